The summed E-state index contributed by atoms with van der Waals surface area (Å²) in [5.41, 5.74) is 6.76. The Labute approximate surface area is 101 Å². The van der Waals surface area contributed by atoms with E-state index < -0.39 is 10.0 Å². The van der Waals surface area contributed by atoms with Crippen molar-refractivity contribution in [1.82, 2.24) is 0 Å². The van der Waals surface area contributed by atoms with Crippen LogP contribution in [0.3, 0.4) is 0 Å². The molecule has 0 bridgehead atoms. The summed E-state index contributed by atoms with van der Waals surface area (Å²) in [6.45, 7) is 1.27. The van der Waals surface area contributed by atoms with Gasteiger partial charge in [0.1, 0.15) is 0 Å². The Balaban J connectivity index is 2.77. The van der Waals surface area contributed by atoms with Crippen LogP contribution in [0, 0.1) is 0 Å². The molecule has 0 unspecified atom stereocenters. The smallest absolute Gasteiger partial charge is 0.238 e. The predicted octanol–water partition coefficient (Wildman–Crippen LogP) is 0.365. The number of hydrogen-bond acceptors (Lipinski definition) is 5. The minimum absolute atomic E-state index is 0.0425. The zero-order valence-electron chi connectivity index (χ0n) is 9.64. The quantitative estimate of drug-likeness (QED) is 0.505. The second kappa shape index (κ2) is 5.85. The molecule has 0 heterocycles. The molecule has 0 aliphatic heterocycles. The average molecular weight is 259 g/mol. The van der Waals surface area contributed by atoms with Gasteiger partial charge in [-0.25, -0.2) is 13.6 Å². The molecule has 0 fully saturated rings. The lowest BCUT2D eigenvalue weighted by molar-refractivity contribution is 0.198. The molecule has 1 aromatic carbocycles. The average Bonchev–Trinajstić information content (AvgIpc) is 2.25. The Kier molecular flexibility index (Phi) is 4.73. The van der Waals surface area contributed by atoms with Crippen LogP contribution in [0.1, 0.15) is 6.42 Å². The van der Waals surface area contributed by atoms with Crippen LogP contribution < -0.4 is 16.2 Å². The van der Waals surface area contributed by atoms with Crippen molar-refractivity contribution >= 4 is 21.4 Å². The molecular formula is C10H17N3O3S. The van der Waals surface area contributed by atoms with Crippen LogP contribution >= 0.6 is 0 Å². The lowest BCUT2D eigenvalue weighted by atomic mass is 10.2. The highest BCUT2D eigenvalue weighted by Gasteiger charge is 2.09. The molecule has 96 valence electrons. The number of sulfonamides is 1. The van der Waals surface area contributed by atoms with E-state index in [4.69, 9.17) is 15.6 Å². The molecule has 0 radical (unpaired) electrons. The summed E-state index contributed by atoms with van der Waals surface area (Å²) in [4.78, 5) is 0.0425. The third kappa shape index (κ3) is 4.22. The zero-order chi connectivity index (χ0) is 12.9. The number of nitrogen functional groups attached to an aromatic ring is 1. The van der Waals surface area contributed by atoms with Gasteiger partial charge in [0.25, 0.3) is 0 Å². The lowest BCUT2D eigenvalue weighted by Gasteiger charge is -2.10. The summed E-state index contributed by atoms with van der Waals surface area (Å²) in [5.74, 6) is 0. The first-order chi connectivity index (χ1) is 7.95. The first kappa shape index (κ1) is 13.8. The predicted molar refractivity (Wildman–Crippen MR) is 67.2 cm³/mol. The maximum Gasteiger partial charge on any atom is 0.238 e. The molecule has 0 aromatic heterocycles. The molecule has 0 saturated heterocycles. The second-order valence-electron chi connectivity index (χ2n) is 3.57. The monoisotopic (exact) mass is 259 g/mol. The maximum absolute atomic E-state index is 11.2. The van der Waals surface area contributed by atoms with Crippen molar-refractivity contribution in [1.29, 1.82) is 0 Å². The molecule has 7 heteroatoms. The van der Waals surface area contributed by atoms with E-state index in [2.05, 4.69) is 5.32 Å². The van der Waals surface area contributed by atoms with Gasteiger partial charge >= 0.3 is 0 Å². The van der Waals surface area contributed by atoms with Gasteiger partial charge in [-0.3, -0.25) is 0 Å². The van der Waals surface area contributed by atoms with E-state index >= 15 is 0 Å². The van der Waals surface area contributed by atoms with Gasteiger partial charge in [-0.2, -0.15) is 0 Å². The fourth-order valence-corrected chi connectivity index (χ4v) is 1.84. The van der Waals surface area contributed by atoms with Crippen molar-refractivity contribution in [3.8, 4) is 0 Å². The molecule has 5 N–H and O–H groups in total. The van der Waals surface area contributed by atoms with Crippen molar-refractivity contribution in [3.05, 3.63) is 18.2 Å². The number of benzene rings is 1. The van der Waals surface area contributed by atoms with Gasteiger partial charge in [-0.15, -0.1) is 0 Å². The number of rotatable bonds is 6. The van der Waals surface area contributed by atoms with E-state index in [1.54, 1.807) is 7.11 Å². The lowest BCUT2D eigenvalue weighted by Crippen LogP contribution is -2.13. The molecule has 0 aliphatic carbocycles. The molecule has 0 saturated carbocycles. The minimum atomic E-state index is -3.70. The highest BCUT2D eigenvalue weighted by Crippen LogP contribution is 2.21. The standard InChI is InChI=1S/C10H17N3O3S/c1-16-6-2-5-13-10-7-8(17(12,14)15)3-4-9(10)11/h3-4,7,13H,2,5-6,11H2,1H3,(H2,12,14,15). The van der Waals surface area contributed by atoms with E-state index in [9.17, 15) is 8.42 Å². The van der Waals surface area contributed by atoms with Crippen LogP contribution in [-0.4, -0.2) is 28.7 Å². The van der Waals surface area contributed by atoms with Crippen molar-refractivity contribution in [2.75, 3.05) is 31.3 Å². The SMILES string of the molecule is COCCCNc1cc(S(N)(=O)=O)ccc1N. The van der Waals surface area contributed by atoms with Crippen LogP contribution in [-0.2, 0) is 14.8 Å². The number of nitrogens with one attached hydrogen (secondary N) is 1. The normalized spacial score (nSPS) is 11.4. The van der Waals surface area contributed by atoms with Crippen LogP contribution in [0.4, 0.5) is 11.4 Å². The Hall–Kier alpha value is -1.31. The summed E-state index contributed by atoms with van der Waals surface area (Å²) in [6.07, 6.45) is 0.801. The van der Waals surface area contributed by atoms with E-state index in [0.29, 0.717) is 24.5 Å². The summed E-state index contributed by atoms with van der Waals surface area (Å²) in [5, 5.41) is 8.07. The van der Waals surface area contributed by atoms with Crippen LogP contribution in [0.2, 0.25) is 0 Å². The number of anilines is 2. The maximum atomic E-state index is 11.2. The molecular weight excluding hydrogens is 242 g/mol. The topological polar surface area (TPSA) is 107 Å². The molecule has 1 rings (SSSR count). The zero-order valence-corrected chi connectivity index (χ0v) is 10.5. The first-order valence-electron chi connectivity index (χ1n) is 5.10. The fourth-order valence-electron chi connectivity index (χ4n) is 1.31. The Morgan fingerprint density at radius 3 is 2.71 bits per heavy atom. The summed E-state index contributed by atoms with van der Waals surface area (Å²) in [7, 11) is -2.08. The molecule has 0 spiro atoms. The largest absolute Gasteiger partial charge is 0.397 e. The molecule has 17 heavy (non-hydrogen) atoms. The number of ether oxygens (including phenoxy) is 1. The summed E-state index contributed by atoms with van der Waals surface area (Å²) in [6, 6.07) is 4.32. The van der Waals surface area contributed by atoms with Crippen LogP contribution in [0.5, 0.6) is 0 Å². The number of hydrogen-bond donors (Lipinski definition) is 3. The van der Waals surface area contributed by atoms with E-state index in [-0.39, 0.29) is 4.90 Å². The number of methoxy groups -OCH3 is 1. The Morgan fingerprint density at radius 1 is 1.41 bits per heavy atom. The fraction of sp³-hybridized carbons (Fsp3) is 0.400. The van der Waals surface area contributed by atoms with Gasteiger partial charge in [-0.05, 0) is 24.6 Å². The van der Waals surface area contributed by atoms with Crippen molar-refractivity contribution < 1.29 is 13.2 Å². The van der Waals surface area contributed by atoms with Gasteiger partial charge in [0, 0.05) is 20.3 Å². The molecule has 0 amide bonds. The molecule has 0 aliphatic rings. The van der Waals surface area contributed by atoms with Crippen LogP contribution in [0.25, 0.3) is 0 Å². The third-order valence-corrected chi connectivity index (χ3v) is 3.10. The van der Waals surface area contributed by atoms with Crippen molar-refractivity contribution in [2.45, 2.75) is 11.3 Å². The van der Waals surface area contributed by atoms with E-state index in [0.717, 1.165) is 6.42 Å². The Morgan fingerprint density at radius 2 is 2.12 bits per heavy atom. The van der Waals surface area contributed by atoms with E-state index in [1.807, 2.05) is 0 Å². The Bertz CT molecular complexity index is 474. The van der Waals surface area contributed by atoms with Crippen LogP contribution in [0.15, 0.2) is 23.1 Å². The van der Waals surface area contributed by atoms with Crippen molar-refractivity contribution in [3.63, 3.8) is 0 Å². The minimum Gasteiger partial charge on any atom is -0.397 e. The van der Waals surface area contributed by atoms with Gasteiger partial charge < -0.3 is 15.8 Å². The van der Waals surface area contributed by atoms with Gasteiger partial charge in [0.2, 0.25) is 10.0 Å². The first-order valence-corrected chi connectivity index (χ1v) is 6.65. The number of nitrogens with two attached hydrogens (primary N) is 2. The molecule has 0 atom stereocenters. The highest BCUT2D eigenvalue weighted by molar-refractivity contribution is 7.89. The van der Waals surface area contributed by atoms with Gasteiger partial charge in [-0.1, -0.05) is 0 Å². The summed E-state index contributed by atoms with van der Waals surface area (Å²) >= 11 is 0. The second-order valence-corrected chi connectivity index (χ2v) is 5.13. The third-order valence-electron chi connectivity index (χ3n) is 2.19. The van der Waals surface area contributed by atoms with Crippen molar-refractivity contribution in [2.24, 2.45) is 5.14 Å². The number of primary sulfonamides is 1. The highest BCUT2D eigenvalue weighted by atomic mass is 32.2. The molecule has 6 nitrogen and oxygen atoms in total. The van der Waals surface area contributed by atoms with Gasteiger partial charge in [0.05, 0.1) is 16.3 Å². The van der Waals surface area contributed by atoms with E-state index in [1.165, 1.54) is 18.2 Å². The molecule has 1 aromatic rings. The summed E-state index contributed by atoms with van der Waals surface area (Å²) < 4.78 is 27.2. The van der Waals surface area contributed by atoms with Gasteiger partial charge in [0.15, 0.2) is 0 Å².